The number of aromatic hydroxyl groups is 1. The van der Waals surface area contributed by atoms with Crippen LogP contribution >= 0.6 is 0 Å². The highest BCUT2D eigenvalue weighted by Gasteiger charge is 2.36. The Morgan fingerprint density at radius 3 is 2.52 bits per heavy atom. The van der Waals surface area contributed by atoms with Crippen LogP contribution in [0.15, 0.2) is 83.8 Å². The van der Waals surface area contributed by atoms with Crippen molar-refractivity contribution in [3.63, 3.8) is 0 Å². The van der Waals surface area contributed by atoms with E-state index >= 15 is 0 Å². The number of rotatable bonds is 1. The molecule has 0 fully saturated rings. The average Bonchev–Trinajstić information content (AvgIpc) is 2.82. The molecule has 0 radical (unpaired) electrons. The third-order valence-electron chi connectivity index (χ3n) is 5.97. The van der Waals surface area contributed by atoms with Crippen molar-refractivity contribution in [2.24, 2.45) is 0 Å². The molecule has 2 aliphatic rings. The molecule has 6 heteroatoms. The highest BCUT2D eigenvalue weighted by atomic mass is 16.3. The molecule has 156 valence electrons. The Labute approximate surface area is 180 Å². The molecule has 1 amide bonds. The molecule has 2 aromatic carbocycles. The molecule has 2 aliphatic heterocycles. The van der Waals surface area contributed by atoms with Gasteiger partial charge in [-0.1, -0.05) is 66.7 Å². The topological polar surface area (TPSA) is 65.8 Å². The first-order valence-electron chi connectivity index (χ1n) is 10.4. The van der Waals surface area contributed by atoms with Crippen molar-refractivity contribution in [3.8, 4) is 5.75 Å². The number of benzene rings is 2. The summed E-state index contributed by atoms with van der Waals surface area (Å²) in [7, 11) is 0. The van der Waals surface area contributed by atoms with E-state index in [1.165, 1.54) is 11.6 Å². The van der Waals surface area contributed by atoms with E-state index in [-0.39, 0.29) is 17.6 Å². The summed E-state index contributed by atoms with van der Waals surface area (Å²) in [6.45, 7) is 0.738. The van der Waals surface area contributed by atoms with Gasteiger partial charge >= 0.3 is 0 Å². The van der Waals surface area contributed by atoms with Gasteiger partial charge in [0.1, 0.15) is 6.67 Å². The molecular formula is C25H23N3O3. The Bertz CT molecular complexity index is 1220. The first-order chi connectivity index (χ1) is 15.1. The summed E-state index contributed by atoms with van der Waals surface area (Å²) >= 11 is 0. The summed E-state index contributed by atoms with van der Waals surface area (Å²) in [5.41, 5.74) is 2.89. The average molecular weight is 413 g/mol. The van der Waals surface area contributed by atoms with Gasteiger partial charge in [0.15, 0.2) is 11.4 Å². The molecule has 31 heavy (non-hydrogen) atoms. The van der Waals surface area contributed by atoms with Gasteiger partial charge < -0.3 is 10.0 Å². The Hall–Kier alpha value is -3.80. The molecule has 3 heterocycles. The molecule has 1 N–H and O–H groups in total. The van der Waals surface area contributed by atoms with Gasteiger partial charge in [0.25, 0.3) is 5.91 Å². The van der Waals surface area contributed by atoms with Crippen molar-refractivity contribution >= 4 is 5.91 Å². The molecule has 0 saturated carbocycles. The molecule has 2 bridgehead atoms. The predicted octanol–water partition coefficient (Wildman–Crippen LogP) is 3.20. The molecule has 1 atom stereocenters. The fourth-order valence-electron chi connectivity index (χ4n) is 4.47. The quantitative estimate of drug-likeness (QED) is 0.623. The van der Waals surface area contributed by atoms with E-state index in [9.17, 15) is 14.7 Å². The highest BCUT2D eigenvalue weighted by Crippen LogP contribution is 2.34. The lowest BCUT2D eigenvalue weighted by molar-refractivity contribution is 0.0701. The minimum absolute atomic E-state index is 0.00445. The monoisotopic (exact) mass is 413 g/mol. The summed E-state index contributed by atoms with van der Waals surface area (Å²) in [5.74, 6) is -0.864. The van der Waals surface area contributed by atoms with Crippen molar-refractivity contribution in [1.82, 2.24) is 9.58 Å². The lowest BCUT2D eigenvalue weighted by Gasteiger charge is -2.44. The van der Waals surface area contributed by atoms with Crippen LogP contribution in [0.2, 0.25) is 0 Å². The summed E-state index contributed by atoms with van der Waals surface area (Å²) in [6, 6.07) is 19.6. The molecule has 0 unspecified atom stereocenters. The van der Waals surface area contributed by atoms with E-state index in [0.717, 1.165) is 24.0 Å². The number of allylic oxidation sites excluding steroid dienone is 1. The second-order valence-electron chi connectivity index (χ2n) is 7.85. The van der Waals surface area contributed by atoms with Gasteiger partial charge in [-0.2, -0.15) is 0 Å². The van der Waals surface area contributed by atoms with E-state index in [2.05, 4.69) is 30.3 Å². The number of carbonyl (C=O) groups is 1. The third-order valence-corrected chi connectivity index (χ3v) is 5.97. The smallest absolute Gasteiger partial charge is 0.278 e. The SMILES string of the molecule is O=C1c2c(O)c(=O)ccn2N2CN1C/C=C\CCc1ccccc1[C@@H]2c1ccccc1. The van der Waals surface area contributed by atoms with Gasteiger partial charge in [0, 0.05) is 18.8 Å². The van der Waals surface area contributed by atoms with E-state index in [1.807, 2.05) is 41.4 Å². The molecular weight excluding hydrogens is 390 g/mol. The highest BCUT2D eigenvalue weighted by molar-refractivity contribution is 5.96. The number of aryl methyl sites for hydroxylation is 1. The second-order valence-corrected chi connectivity index (χ2v) is 7.85. The lowest BCUT2D eigenvalue weighted by Crippen LogP contribution is -2.55. The maximum Gasteiger partial charge on any atom is 0.278 e. The maximum atomic E-state index is 13.2. The van der Waals surface area contributed by atoms with Crippen molar-refractivity contribution in [1.29, 1.82) is 0 Å². The number of fused-ring (bicyclic) bond motifs is 5. The van der Waals surface area contributed by atoms with Crippen LogP contribution in [0.4, 0.5) is 0 Å². The summed E-state index contributed by atoms with van der Waals surface area (Å²) < 4.78 is 1.64. The minimum Gasteiger partial charge on any atom is -0.502 e. The number of carbonyl (C=O) groups excluding carboxylic acids is 1. The first-order valence-corrected chi connectivity index (χ1v) is 10.4. The largest absolute Gasteiger partial charge is 0.502 e. The number of amides is 1. The normalized spacial score (nSPS) is 19.2. The Morgan fingerprint density at radius 2 is 1.68 bits per heavy atom. The number of pyridine rings is 1. The van der Waals surface area contributed by atoms with E-state index in [1.54, 1.807) is 15.8 Å². The van der Waals surface area contributed by atoms with Crippen molar-refractivity contribution in [3.05, 3.63) is 112 Å². The van der Waals surface area contributed by atoms with Gasteiger partial charge in [-0.05, 0) is 29.5 Å². The standard InChI is InChI=1S/C25H23N3O3/c29-21-14-16-27-23(24(21)30)25(31)26-15-8-2-5-9-18-10-6-7-13-20(18)22(28(27)17-26)19-11-3-1-4-12-19/h1-4,6-8,10-14,16,22,30H,5,9,15,17H2/b8-2-/t22-/m0/s1. The van der Waals surface area contributed by atoms with Crippen LogP contribution in [-0.4, -0.2) is 33.8 Å². The lowest BCUT2D eigenvalue weighted by atomic mass is 9.92. The molecule has 0 spiro atoms. The number of hydrogen-bond acceptors (Lipinski definition) is 4. The minimum atomic E-state index is -0.557. The van der Waals surface area contributed by atoms with Crippen LogP contribution in [0.25, 0.3) is 0 Å². The Kier molecular flexibility index (Phi) is 4.82. The molecule has 3 aromatic rings. The number of nitrogens with zero attached hydrogens (tertiary/aromatic N) is 3. The first kappa shape index (κ1) is 19.2. The number of hydrogen-bond donors (Lipinski definition) is 1. The van der Waals surface area contributed by atoms with Crippen LogP contribution in [0.5, 0.6) is 5.75 Å². The van der Waals surface area contributed by atoms with E-state index in [4.69, 9.17) is 0 Å². The third kappa shape index (κ3) is 3.30. The Balaban J connectivity index is 1.80. The maximum absolute atomic E-state index is 13.2. The molecule has 0 saturated heterocycles. The summed E-state index contributed by atoms with van der Waals surface area (Å²) in [5, 5.41) is 12.6. The van der Waals surface area contributed by atoms with Gasteiger partial charge in [-0.25, -0.2) is 0 Å². The van der Waals surface area contributed by atoms with Gasteiger partial charge in [0.2, 0.25) is 5.43 Å². The molecule has 6 nitrogen and oxygen atoms in total. The Morgan fingerprint density at radius 1 is 0.903 bits per heavy atom. The van der Waals surface area contributed by atoms with Gasteiger partial charge in [-0.3, -0.25) is 19.3 Å². The molecule has 5 rings (SSSR count). The van der Waals surface area contributed by atoms with Crippen molar-refractivity contribution < 1.29 is 9.90 Å². The predicted molar refractivity (Wildman–Crippen MR) is 119 cm³/mol. The number of aromatic nitrogens is 1. The van der Waals surface area contributed by atoms with Crippen LogP contribution in [-0.2, 0) is 6.42 Å². The van der Waals surface area contributed by atoms with E-state index in [0.29, 0.717) is 13.2 Å². The fourth-order valence-corrected chi connectivity index (χ4v) is 4.47. The second kappa shape index (κ2) is 7.80. The zero-order chi connectivity index (χ0) is 21.4. The molecule has 0 aliphatic carbocycles. The van der Waals surface area contributed by atoms with Crippen molar-refractivity contribution in [2.75, 3.05) is 18.2 Å². The van der Waals surface area contributed by atoms with Crippen LogP contribution in [0.3, 0.4) is 0 Å². The zero-order valence-corrected chi connectivity index (χ0v) is 17.0. The van der Waals surface area contributed by atoms with Gasteiger partial charge in [0.05, 0.1) is 6.04 Å². The van der Waals surface area contributed by atoms with Crippen molar-refractivity contribution in [2.45, 2.75) is 18.9 Å². The summed E-state index contributed by atoms with van der Waals surface area (Å²) in [6.07, 6.45) is 7.41. The zero-order valence-electron chi connectivity index (χ0n) is 17.0. The van der Waals surface area contributed by atoms with Gasteiger partial charge in [-0.15, -0.1) is 0 Å². The van der Waals surface area contributed by atoms with Crippen LogP contribution in [0, 0.1) is 0 Å². The fraction of sp³-hybridized carbons (Fsp3) is 0.200. The van der Waals surface area contributed by atoms with Crippen LogP contribution < -0.4 is 10.4 Å². The summed E-state index contributed by atoms with van der Waals surface area (Å²) in [4.78, 5) is 27.0. The van der Waals surface area contributed by atoms with E-state index < -0.39 is 11.2 Å². The molecule has 1 aromatic heterocycles. The van der Waals surface area contributed by atoms with Crippen LogP contribution in [0.1, 0.15) is 39.6 Å².